The summed E-state index contributed by atoms with van der Waals surface area (Å²) in [5.41, 5.74) is 0. The lowest BCUT2D eigenvalue weighted by Gasteiger charge is -2.22. The van der Waals surface area contributed by atoms with Gasteiger partial charge in [-0.1, -0.05) is 0 Å². The third-order valence-corrected chi connectivity index (χ3v) is 2.67. The van der Waals surface area contributed by atoms with E-state index in [1.165, 1.54) is 0 Å². The van der Waals surface area contributed by atoms with Gasteiger partial charge in [0.1, 0.15) is 18.9 Å². The summed E-state index contributed by atoms with van der Waals surface area (Å²) in [6.07, 6.45) is 3.86. The molecule has 0 spiro atoms. The second kappa shape index (κ2) is 5.93. The van der Waals surface area contributed by atoms with Crippen LogP contribution in [0.3, 0.4) is 0 Å². The van der Waals surface area contributed by atoms with Gasteiger partial charge in [0, 0.05) is 26.6 Å². The quantitative estimate of drug-likeness (QED) is 0.699. The van der Waals surface area contributed by atoms with Gasteiger partial charge in [-0.3, -0.25) is 0 Å². The maximum absolute atomic E-state index is 5.42. The highest BCUT2D eigenvalue weighted by Gasteiger charge is 2.13. The van der Waals surface area contributed by atoms with Crippen molar-refractivity contribution < 1.29 is 9.47 Å². The van der Waals surface area contributed by atoms with Gasteiger partial charge in [0.25, 0.3) is 0 Å². The van der Waals surface area contributed by atoms with E-state index in [1.807, 2.05) is 11.6 Å². The first-order valence-corrected chi connectivity index (χ1v) is 5.59. The molecule has 1 aliphatic rings. The zero-order chi connectivity index (χ0) is 11.2. The monoisotopic (exact) mass is 226 g/mol. The van der Waals surface area contributed by atoms with Crippen LogP contribution in [-0.2, 0) is 22.9 Å². The molecule has 0 saturated carbocycles. The van der Waals surface area contributed by atoms with Crippen molar-refractivity contribution in [1.82, 2.24) is 20.1 Å². The standard InChI is InChI=1S/C10H18N4O2/c1-14-7-12-13-10(14)2-4-11-6-9-3-5-15-8-16-9/h7,9,11H,2-6,8H2,1H3. The Balaban J connectivity index is 1.59. The van der Waals surface area contributed by atoms with Crippen LogP contribution in [0, 0.1) is 0 Å². The molecule has 0 bridgehead atoms. The molecule has 1 unspecified atom stereocenters. The number of nitrogens with zero attached hydrogens (tertiary/aromatic N) is 3. The number of hydrogen-bond donors (Lipinski definition) is 1. The van der Waals surface area contributed by atoms with Gasteiger partial charge in [0.2, 0.25) is 0 Å². The molecule has 6 heteroatoms. The smallest absolute Gasteiger partial charge is 0.147 e. The van der Waals surface area contributed by atoms with Gasteiger partial charge < -0.3 is 19.4 Å². The van der Waals surface area contributed by atoms with Crippen LogP contribution < -0.4 is 5.32 Å². The van der Waals surface area contributed by atoms with E-state index < -0.39 is 0 Å². The summed E-state index contributed by atoms with van der Waals surface area (Å²) in [6.45, 7) is 3.00. The van der Waals surface area contributed by atoms with Gasteiger partial charge in [-0.25, -0.2) is 0 Å². The number of hydrogen-bond acceptors (Lipinski definition) is 5. The van der Waals surface area contributed by atoms with Gasteiger partial charge in [-0.05, 0) is 6.42 Å². The van der Waals surface area contributed by atoms with Crippen molar-refractivity contribution in [2.45, 2.75) is 18.9 Å². The van der Waals surface area contributed by atoms with Gasteiger partial charge in [0.15, 0.2) is 0 Å². The highest BCUT2D eigenvalue weighted by Crippen LogP contribution is 2.04. The molecule has 0 amide bonds. The molecule has 1 aromatic heterocycles. The molecule has 2 rings (SSSR count). The van der Waals surface area contributed by atoms with E-state index in [0.717, 1.165) is 38.4 Å². The summed E-state index contributed by atoms with van der Waals surface area (Å²) < 4.78 is 12.5. The minimum absolute atomic E-state index is 0.285. The average molecular weight is 226 g/mol. The van der Waals surface area contributed by atoms with Crippen LogP contribution in [0.4, 0.5) is 0 Å². The molecule has 90 valence electrons. The van der Waals surface area contributed by atoms with Crippen molar-refractivity contribution in [2.24, 2.45) is 7.05 Å². The van der Waals surface area contributed by atoms with Gasteiger partial charge in [0.05, 0.1) is 12.7 Å². The SMILES string of the molecule is Cn1cnnc1CCNCC1CCOCO1. The molecule has 0 aliphatic carbocycles. The summed E-state index contributed by atoms with van der Waals surface area (Å²) in [7, 11) is 1.96. The van der Waals surface area contributed by atoms with Crippen LogP contribution in [0.25, 0.3) is 0 Å². The molecular formula is C10H18N4O2. The van der Waals surface area contributed by atoms with Gasteiger partial charge in [-0.15, -0.1) is 10.2 Å². The normalized spacial score (nSPS) is 21.2. The Bertz CT molecular complexity index is 310. The lowest BCUT2D eigenvalue weighted by atomic mass is 10.2. The molecule has 1 N–H and O–H groups in total. The lowest BCUT2D eigenvalue weighted by Crippen LogP contribution is -2.35. The molecular weight excluding hydrogens is 208 g/mol. The first kappa shape index (κ1) is 11.5. The molecule has 1 aliphatic heterocycles. The zero-order valence-corrected chi connectivity index (χ0v) is 9.56. The second-order valence-electron chi connectivity index (χ2n) is 3.92. The third kappa shape index (κ3) is 3.26. The van der Waals surface area contributed by atoms with E-state index in [0.29, 0.717) is 6.79 Å². The van der Waals surface area contributed by atoms with Crippen LogP contribution in [-0.4, -0.2) is 47.4 Å². The largest absolute Gasteiger partial charge is 0.355 e. The summed E-state index contributed by atoms with van der Waals surface area (Å²) in [5.74, 6) is 1.00. The van der Waals surface area contributed by atoms with Crippen molar-refractivity contribution in [3.8, 4) is 0 Å². The third-order valence-electron chi connectivity index (χ3n) is 2.67. The predicted octanol–water partition coefficient (Wildman–Crippen LogP) is -0.290. The van der Waals surface area contributed by atoms with E-state index in [-0.39, 0.29) is 6.10 Å². The number of aryl methyl sites for hydroxylation is 1. The van der Waals surface area contributed by atoms with E-state index in [2.05, 4.69) is 15.5 Å². The van der Waals surface area contributed by atoms with Crippen LogP contribution in [0.1, 0.15) is 12.2 Å². The number of rotatable bonds is 5. The van der Waals surface area contributed by atoms with Crippen molar-refractivity contribution in [3.05, 3.63) is 12.2 Å². The predicted molar refractivity (Wildman–Crippen MR) is 57.9 cm³/mol. The Morgan fingerprint density at radius 1 is 1.62 bits per heavy atom. The Morgan fingerprint density at radius 3 is 3.25 bits per heavy atom. The van der Waals surface area contributed by atoms with Crippen molar-refractivity contribution in [2.75, 3.05) is 26.5 Å². The molecule has 2 heterocycles. The summed E-state index contributed by atoms with van der Waals surface area (Å²) >= 11 is 0. The maximum Gasteiger partial charge on any atom is 0.147 e. The Labute approximate surface area is 94.9 Å². The Kier molecular flexibility index (Phi) is 4.26. The summed E-state index contributed by atoms with van der Waals surface area (Å²) in [4.78, 5) is 0. The topological polar surface area (TPSA) is 61.2 Å². The second-order valence-corrected chi connectivity index (χ2v) is 3.92. The molecule has 1 fully saturated rings. The van der Waals surface area contributed by atoms with Crippen molar-refractivity contribution in [3.63, 3.8) is 0 Å². The van der Waals surface area contributed by atoms with Crippen LogP contribution in [0.15, 0.2) is 6.33 Å². The fourth-order valence-electron chi connectivity index (χ4n) is 1.66. The Hall–Kier alpha value is -0.980. The average Bonchev–Trinajstić information content (AvgIpc) is 2.72. The number of aromatic nitrogens is 3. The molecule has 0 radical (unpaired) electrons. The minimum atomic E-state index is 0.285. The molecule has 1 atom stereocenters. The number of nitrogens with one attached hydrogen (secondary N) is 1. The molecule has 6 nitrogen and oxygen atoms in total. The van der Waals surface area contributed by atoms with Gasteiger partial charge in [-0.2, -0.15) is 0 Å². The molecule has 16 heavy (non-hydrogen) atoms. The lowest BCUT2D eigenvalue weighted by molar-refractivity contribution is -0.137. The van der Waals surface area contributed by atoms with Crippen LogP contribution in [0.2, 0.25) is 0 Å². The fourth-order valence-corrected chi connectivity index (χ4v) is 1.66. The highest BCUT2D eigenvalue weighted by atomic mass is 16.7. The van der Waals surface area contributed by atoms with E-state index >= 15 is 0 Å². The van der Waals surface area contributed by atoms with E-state index in [1.54, 1.807) is 6.33 Å². The van der Waals surface area contributed by atoms with E-state index in [4.69, 9.17) is 9.47 Å². The molecule has 1 saturated heterocycles. The first-order valence-electron chi connectivity index (χ1n) is 5.59. The zero-order valence-electron chi connectivity index (χ0n) is 9.56. The van der Waals surface area contributed by atoms with Crippen molar-refractivity contribution in [1.29, 1.82) is 0 Å². The van der Waals surface area contributed by atoms with Crippen molar-refractivity contribution >= 4 is 0 Å². The van der Waals surface area contributed by atoms with Crippen LogP contribution >= 0.6 is 0 Å². The maximum atomic E-state index is 5.42. The summed E-state index contributed by atoms with van der Waals surface area (Å²) in [5, 5.41) is 11.2. The summed E-state index contributed by atoms with van der Waals surface area (Å²) in [6, 6.07) is 0. The molecule has 0 aromatic carbocycles. The minimum Gasteiger partial charge on any atom is -0.355 e. The Morgan fingerprint density at radius 2 is 2.56 bits per heavy atom. The van der Waals surface area contributed by atoms with Gasteiger partial charge >= 0.3 is 0 Å². The highest BCUT2D eigenvalue weighted by molar-refractivity contribution is 4.84. The van der Waals surface area contributed by atoms with E-state index in [9.17, 15) is 0 Å². The van der Waals surface area contributed by atoms with Crippen LogP contribution in [0.5, 0.6) is 0 Å². The number of ether oxygens (including phenoxy) is 2. The first-order chi connectivity index (χ1) is 7.86. The molecule has 1 aromatic rings. The fraction of sp³-hybridized carbons (Fsp3) is 0.800.